The Balaban J connectivity index is 1.79. The standard InChI is InChI=1S/C13H19BrN2/c1-13(7-2-3-8-13)10-15-9-11-5-4-6-12(14)16-11/h4-6,15H,2-3,7-10H2,1H3. The molecule has 0 bridgehead atoms. The fourth-order valence-corrected chi connectivity index (χ4v) is 2.83. The molecule has 3 heteroatoms. The van der Waals surface area contributed by atoms with Crippen LogP contribution in [0.5, 0.6) is 0 Å². The van der Waals surface area contributed by atoms with E-state index < -0.39 is 0 Å². The number of hydrogen-bond acceptors (Lipinski definition) is 2. The van der Waals surface area contributed by atoms with Crippen LogP contribution in [-0.4, -0.2) is 11.5 Å². The molecule has 0 aromatic carbocycles. The average molecular weight is 283 g/mol. The van der Waals surface area contributed by atoms with E-state index in [1.54, 1.807) is 0 Å². The van der Waals surface area contributed by atoms with Gasteiger partial charge in [0.1, 0.15) is 4.60 Å². The van der Waals surface area contributed by atoms with Crippen LogP contribution in [0.4, 0.5) is 0 Å². The van der Waals surface area contributed by atoms with E-state index in [-0.39, 0.29) is 0 Å². The van der Waals surface area contributed by atoms with Gasteiger partial charge in [-0.2, -0.15) is 0 Å². The van der Waals surface area contributed by atoms with Crippen molar-refractivity contribution >= 4 is 15.9 Å². The molecular formula is C13H19BrN2. The van der Waals surface area contributed by atoms with Crippen LogP contribution >= 0.6 is 15.9 Å². The van der Waals surface area contributed by atoms with Gasteiger partial charge >= 0.3 is 0 Å². The highest BCUT2D eigenvalue weighted by molar-refractivity contribution is 9.10. The minimum atomic E-state index is 0.520. The van der Waals surface area contributed by atoms with Crippen LogP contribution in [0.15, 0.2) is 22.8 Å². The van der Waals surface area contributed by atoms with Crippen LogP contribution in [0, 0.1) is 5.41 Å². The summed E-state index contributed by atoms with van der Waals surface area (Å²) >= 11 is 3.39. The van der Waals surface area contributed by atoms with Gasteiger partial charge in [-0.1, -0.05) is 25.8 Å². The molecule has 1 aliphatic carbocycles. The Morgan fingerprint density at radius 3 is 2.81 bits per heavy atom. The van der Waals surface area contributed by atoms with Crippen LogP contribution in [0.3, 0.4) is 0 Å². The van der Waals surface area contributed by atoms with Gasteiger partial charge in [-0.15, -0.1) is 0 Å². The minimum Gasteiger partial charge on any atom is -0.311 e. The summed E-state index contributed by atoms with van der Waals surface area (Å²) in [6.07, 6.45) is 5.53. The highest BCUT2D eigenvalue weighted by atomic mass is 79.9. The molecule has 1 saturated carbocycles. The van der Waals surface area contributed by atoms with Gasteiger partial charge in [0, 0.05) is 13.1 Å². The first-order valence-corrected chi connectivity index (χ1v) is 6.79. The van der Waals surface area contributed by atoms with E-state index in [1.165, 1.54) is 25.7 Å². The SMILES string of the molecule is CC1(CNCc2cccc(Br)n2)CCCC1. The first kappa shape index (κ1) is 12.1. The second-order valence-corrected chi connectivity index (χ2v) is 5.89. The average Bonchev–Trinajstić information content (AvgIpc) is 2.65. The van der Waals surface area contributed by atoms with Gasteiger partial charge in [0.15, 0.2) is 0 Å². The zero-order valence-electron chi connectivity index (χ0n) is 9.80. The molecule has 88 valence electrons. The van der Waals surface area contributed by atoms with Crippen molar-refractivity contribution in [1.82, 2.24) is 10.3 Å². The monoisotopic (exact) mass is 282 g/mol. The maximum atomic E-state index is 4.41. The Morgan fingerprint density at radius 1 is 1.38 bits per heavy atom. The van der Waals surface area contributed by atoms with Crippen molar-refractivity contribution in [3.05, 3.63) is 28.5 Å². The third kappa shape index (κ3) is 3.29. The first-order valence-electron chi connectivity index (χ1n) is 6.00. The van der Waals surface area contributed by atoms with Gasteiger partial charge in [0.05, 0.1) is 5.69 Å². The fourth-order valence-electron chi connectivity index (χ4n) is 2.45. The van der Waals surface area contributed by atoms with Gasteiger partial charge in [-0.3, -0.25) is 0 Å². The zero-order chi connectivity index (χ0) is 11.4. The number of rotatable bonds is 4. The van der Waals surface area contributed by atoms with E-state index in [2.05, 4.69) is 39.2 Å². The Hall–Kier alpha value is -0.410. The summed E-state index contributed by atoms with van der Waals surface area (Å²) in [6.45, 7) is 4.37. The molecule has 0 unspecified atom stereocenters. The lowest BCUT2D eigenvalue weighted by atomic mass is 9.89. The predicted molar refractivity (Wildman–Crippen MR) is 70.2 cm³/mol. The minimum absolute atomic E-state index is 0.520. The lowest BCUT2D eigenvalue weighted by Crippen LogP contribution is -2.29. The summed E-state index contributed by atoms with van der Waals surface area (Å²) in [5.41, 5.74) is 1.63. The van der Waals surface area contributed by atoms with E-state index >= 15 is 0 Å². The lowest BCUT2D eigenvalue weighted by Gasteiger charge is -2.23. The van der Waals surface area contributed by atoms with Crippen molar-refractivity contribution in [2.24, 2.45) is 5.41 Å². The van der Waals surface area contributed by atoms with Gasteiger partial charge < -0.3 is 5.32 Å². The fraction of sp³-hybridized carbons (Fsp3) is 0.615. The van der Waals surface area contributed by atoms with Crippen LogP contribution < -0.4 is 5.32 Å². The predicted octanol–water partition coefficient (Wildman–Crippen LogP) is 3.51. The molecular weight excluding hydrogens is 264 g/mol. The molecule has 0 aliphatic heterocycles. The van der Waals surface area contributed by atoms with E-state index in [0.717, 1.165) is 23.4 Å². The third-order valence-electron chi connectivity index (χ3n) is 3.44. The summed E-state index contributed by atoms with van der Waals surface area (Å²) in [5.74, 6) is 0. The Kier molecular flexibility index (Phi) is 3.98. The van der Waals surface area contributed by atoms with E-state index in [4.69, 9.17) is 0 Å². The molecule has 1 N–H and O–H groups in total. The molecule has 0 radical (unpaired) electrons. The summed E-state index contributed by atoms with van der Waals surface area (Å²) in [4.78, 5) is 4.41. The second kappa shape index (κ2) is 5.28. The highest BCUT2D eigenvalue weighted by Gasteiger charge is 2.27. The molecule has 0 amide bonds. The number of nitrogens with one attached hydrogen (secondary N) is 1. The number of halogens is 1. The van der Waals surface area contributed by atoms with Crippen molar-refractivity contribution in [3.8, 4) is 0 Å². The zero-order valence-corrected chi connectivity index (χ0v) is 11.4. The molecule has 1 fully saturated rings. The number of nitrogens with zero attached hydrogens (tertiary/aromatic N) is 1. The van der Waals surface area contributed by atoms with Crippen molar-refractivity contribution in [2.45, 2.75) is 39.2 Å². The maximum absolute atomic E-state index is 4.41. The first-order chi connectivity index (χ1) is 7.68. The van der Waals surface area contributed by atoms with Crippen LogP contribution in [-0.2, 0) is 6.54 Å². The van der Waals surface area contributed by atoms with Crippen LogP contribution in [0.2, 0.25) is 0 Å². The molecule has 2 rings (SSSR count). The van der Waals surface area contributed by atoms with Crippen LogP contribution in [0.1, 0.15) is 38.3 Å². The quantitative estimate of drug-likeness (QED) is 0.855. The van der Waals surface area contributed by atoms with Crippen LogP contribution in [0.25, 0.3) is 0 Å². The smallest absolute Gasteiger partial charge is 0.106 e. The summed E-state index contributed by atoms with van der Waals surface area (Å²) < 4.78 is 0.916. The molecule has 16 heavy (non-hydrogen) atoms. The molecule has 2 nitrogen and oxygen atoms in total. The molecule has 0 spiro atoms. The van der Waals surface area contributed by atoms with E-state index in [0.29, 0.717) is 5.41 Å². The largest absolute Gasteiger partial charge is 0.311 e. The molecule has 1 aliphatic rings. The van der Waals surface area contributed by atoms with E-state index in [9.17, 15) is 0 Å². The van der Waals surface area contributed by atoms with E-state index in [1.807, 2.05) is 12.1 Å². The normalized spacial score (nSPS) is 18.9. The molecule has 1 aromatic rings. The number of hydrogen-bond donors (Lipinski definition) is 1. The molecule has 1 aromatic heterocycles. The topological polar surface area (TPSA) is 24.9 Å². The lowest BCUT2D eigenvalue weighted by molar-refractivity contribution is 0.314. The summed E-state index contributed by atoms with van der Waals surface area (Å²) in [5, 5.41) is 3.53. The van der Waals surface area contributed by atoms with Crippen molar-refractivity contribution in [1.29, 1.82) is 0 Å². The van der Waals surface area contributed by atoms with Gasteiger partial charge in [-0.05, 0) is 46.3 Å². The van der Waals surface area contributed by atoms with Crippen molar-refractivity contribution in [2.75, 3.05) is 6.54 Å². The number of aromatic nitrogens is 1. The Bertz CT molecular complexity index is 346. The van der Waals surface area contributed by atoms with Gasteiger partial charge in [0.2, 0.25) is 0 Å². The Labute approximate surface area is 106 Å². The maximum Gasteiger partial charge on any atom is 0.106 e. The summed E-state index contributed by atoms with van der Waals surface area (Å²) in [6, 6.07) is 6.06. The van der Waals surface area contributed by atoms with Crippen molar-refractivity contribution < 1.29 is 0 Å². The second-order valence-electron chi connectivity index (χ2n) is 5.07. The molecule has 0 atom stereocenters. The van der Waals surface area contributed by atoms with Gasteiger partial charge in [0.25, 0.3) is 0 Å². The third-order valence-corrected chi connectivity index (χ3v) is 3.88. The number of pyridine rings is 1. The van der Waals surface area contributed by atoms with Gasteiger partial charge in [-0.25, -0.2) is 4.98 Å². The summed E-state index contributed by atoms with van der Waals surface area (Å²) in [7, 11) is 0. The highest BCUT2D eigenvalue weighted by Crippen LogP contribution is 2.36. The molecule has 0 saturated heterocycles. The van der Waals surface area contributed by atoms with Crippen molar-refractivity contribution in [3.63, 3.8) is 0 Å². The Morgan fingerprint density at radius 2 is 2.12 bits per heavy atom. The molecule has 1 heterocycles.